The average molecular weight is 199 g/mol. The molecule has 0 aromatic carbocycles. The Kier molecular flexibility index (Phi) is 3.76. The van der Waals surface area contributed by atoms with Crippen molar-refractivity contribution in [3.8, 4) is 5.88 Å². The molecule has 2 N–H and O–H groups in total. The van der Waals surface area contributed by atoms with Crippen LogP contribution in [0.2, 0.25) is 0 Å². The van der Waals surface area contributed by atoms with Crippen LogP contribution in [0.25, 0.3) is 6.08 Å². The quantitative estimate of drug-likeness (QED) is 0.731. The van der Waals surface area contributed by atoms with E-state index in [0.717, 1.165) is 30.6 Å². The highest BCUT2D eigenvalue weighted by atomic mass is 32.1. The number of aromatic amines is 1. The van der Waals surface area contributed by atoms with E-state index >= 15 is 0 Å². The molecule has 0 fully saturated rings. The number of unbranched alkanes of at least 4 members (excludes halogenated alkanes) is 2. The van der Waals surface area contributed by atoms with Crippen molar-refractivity contribution in [3.63, 3.8) is 0 Å². The van der Waals surface area contributed by atoms with Gasteiger partial charge < -0.3 is 5.11 Å². The second kappa shape index (κ2) is 4.87. The van der Waals surface area contributed by atoms with Gasteiger partial charge in [0.15, 0.2) is 0 Å². The Balaban J connectivity index is 2.58. The van der Waals surface area contributed by atoms with Crippen LogP contribution in [-0.4, -0.2) is 10.1 Å². The Morgan fingerprint density at radius 1 is 1.62 bits per heavy atom. The molecule has 0 bridgehead atoms. The number of hydrogen-bond donors (Lipinski definition) is 2. The lowest BCUT2D eigenvalue weighted by Gasteiger charge is -1.88. The van der Waals surface area contributed by atoms with Gasteiger partial charge in [-0.05, 0) is 12.5 Å². The maximum Gasteiger partial charge on any atom is 0.307 e. The lowest BCUT2D eigenvalue weighted by molar-refractivity contribution is 0.455. The van der Waals surface area contributed by atoms with Crippen LogP contribution in [0.1, 0.15) is 31.1 Å². The van der Waals surface area contributed by atoms with Gasteiger partial charge in [-0.1, -0.05) is 37.2 Å². The van der Waals surface area contributed by atoms with Crippen LogP contribution >= 0.6 is 11.3 Å². The Bertz CT molecular complexity index is 338. The molecule has 0 radical (unpaired) electrons. The van der Waals surface area contributed by atoms with Gasteiger partial charge in [-0.2, -0.15) is 0 Å². The van der Waals surface area contributed by atoms with E-state index in [4.69, 9.17) is 0 Å². The van der Waals surface area contributed by atoms with Gasteiger partial charge in [-0.15, -0.1) is 0 Å². The molecule has 1 aromatic rings. The minimum Gasteiger partial charge on any atom is -0.493 e. The van der Waals surface area contributed by atoms with Crippen molar-refractivity contribution >= 4 is 17.4 Å². The van der Waals surface area contributed by atoms with E-state index in [-0.39, 0.29) is 10.8 Å². The van der Waals surface area contributed by atoms with E-state index in [1.54, 1.807) is 6.08 Å². The highest BCUT2D eigenvalue weighted by molar-refractivity contribution is 7.10. The first-order valence-corrected chi connectivity index (χ1v) is 5.14. The molecule has 0 aliphatic rings. The molecule has 1 rings (SSSR count). The van der Waals surface area contributed by atoms with Gasteiger partial charge in [-0.3, -0.25) is 9.78 Å². The molecule has 13 heavy (non-hydrogen) atoms. The maximum atomic E-state index is 10.8. The Morgan fingerprint density at radius 3 is 2.92 bits per heavy atom. The number of nitrogens with one attached hydrogen (secondary N) is 1. The third-order valence-electron chi connectivity index (χ3n) is 1.65. The largest absolute Gasteiger partial charge is 0.493 e. The third-order valence-corrected chi connectivity index (χ3v) is 2.49. The Labute approximate surface area is 80.7 Å². The van der Waals surface area contributed by atoms with Crippen LogP contribution in [0.4, 0.5) is 0 Å². The summed E-state index contributed by atoms with van der Waals surface area (Å²) >= 11 is 1.02. The fraction of sp³-hybridized carbons (Fsp3) is 0.444. The van der Waals surface area contributed by atoms with Gasteiger partial charge in [0.05, 0.1) is 4.88 Å². The van der Waals surface area contributed by atoms with Crippen molar-refractivity contribution in [2.24, 2.45) is 0 Å². The Morgan fingerprint density at radius 2 is 2.38 bits per heavy atom. The summed E-state index contributed by atoms with van der Waals surface area (Å²) in [5.74, 6) is -0.0252. The normalized spacial score (nSPS) is 11.2. The SMILES string of the molecule is CCCCC=Cc1sc(=O)[nH]c1O. The fourth-order valence-electron chi connectivity index (χ4n) is 0.957. The van der Waals surface area contributed by atoms with E-state index in [1.165, 1.54) is 0 Å². The molecule has 0 aliphatic heterocycles. The van der Waals surface area contributed by atoms with Gasteiger partial charge in [0.2, 0.25) is 5.88 Å². The van der Waals surface area contributed by atoms with Crippen LogP contribution in [0, 0.1) is 0 Å². The summed E-state index contributed by atoms with van der Waals surface area (Å²) in [7, 11) is 0. The number of aromatic nitrogens is 1. The molecule has 72 valence electrons. The van der Waals surface area contributed by atoms with Gasteiger partial charge in [0.25, 0.3) is 0 Å². The summed E-state index contributed by atoms with van der Waals surface area (Å²) in [6.45, 7) is 2.12. The maximum absolute atomic E-state index is 10.8. The topological polar surface area (TPSA) is 53.1 Å². The summed E-state index contributed by atoms with van der Waals surface area (Å²) in [6.07, 6.45) is 7.04. The van der Waals surface area contributed by atoms with Crippen LogP contribution < -0.4 is 4.87 Å². The second-order valence-corrected chi connectivity index (χ2v) is 3.79. The standard InChI is InChI=1S/C9H13NO2S/c1-2-3-4-5-6-7-8(11)10-9(12)13-7/h5-6,11H,2-4H2,1H3,(H,10,12). The van der Waals surface area contributed by atoms with Crippen molar-refractivity contribution in [3.05, 3.63) is 20.6 Å². The van der Waals surface area contributed by atoms with Crippen LogP contribution in [0.3, 0.4) is 0 Å². The summed E-state index contributed by atoms with van der Waals surface area (Å²) in [6, 6.07) is 0. The van der Waals surface area contributed by atoms with Gasteiger partial charge in [0.1, 0.15) is 0 Å². The smallest absolute Gasteiger partial charge is 0.307 e. The first-order valence-electron chi connectivity index (χ1n) is 4.32. The average Bonchev–Trinajstić information content (AvgIpc) is 2.39. The monoisotopic (exact) mass is 199 g/mol. The van der Waals surface area contributed by atoms with Crippen LogP contribution in [0.5, 0.6) is 5.88 Å². The molecule has 0 saturated carbocycles. The van der Waals surface area contributed by atoms with Crippen molar-refractivity contribution in [1.29, 1.82) is 0 Å². The van der Waals surface area contributed by atoms with Crippen molar-refractivity contribution < 1.29 is 5.11 Å². The highest BCUT2D eigenvalue weighted by Crippen LogP contribution is 2.17. The first kappa shape index (κ1) is 10.1. The molecule has 1 aromatic heterocycles. The molecule has 0 amide bonds. The second-order valence-electron chi connectivity index (χ2n) is 2.77. The number of thiazole rings is 1. The summed E-state index contributed by atoms with van der Waals surface area (Å²) in [5.41, 5.74) is 0. The third kappa shape index (κ3) is 3.06. The molecule has 3 nitrogen and oxygen atoms in total. The summed E-state index contributed by atoms with van der Waals surface area (Å²) < 4.78 is 0. The molecular formula is C9H13NO2S. The lowest BCUT2D eigenvalue weighted by atomic mass is 10.2. The van der Waals surface area contributed by atoms with E-state index in [9.17, 15) is 9.90 Å². The number of hydrogen-bond acceptors (Lipinski definition) is 3. The van der Waals surface area contributed by atoms with Gasteiger partial charge in [-0.25, -0.2) is 0 Å². The van der Waals surface area contributed by atoms with Crippen molar-refractivity contribution in [2.45, 2.75) is 26.2 Å². The summed E-state index contributed by atoms with van der Waals surface area (Å²) in [5, 5.41) is 9.19. The number of allylic oxidation sites excluding steroid dienone is 1. The predicted molar refractivity (Wildman–Crippen MR) is 55.2 cm³/mol. The zero-order chi connectivity index (χ0) is 9.68. The summed E-state index contributed by atoms with van der Waals surface area (Å²) in [4.78, 5) is 13.5. The first-order chi connectivity index (χ1) is 6.24. The highest BCUT2D eigenvalue weighted by Gasteiger charge is 2.00. The Hall–Kier alpha value is -1.03. The molecule has 0 spiro atoms. The van der Waals surface area contributed by atoms with Gasteiger partial charge in [0, 0.05) is 0 Å². The van der Waals surface area contributed by atoms with E-state index in [0.29, 0.717) is 4.88 Å². The number of aromatic hydroxyl groups is 1. The number of H-pyrrole nitrogens is 1. The minimum atomic E-state index is -0.215. The van der Waals surface area contributed by atoms with Crippen molar-refractivity contribution in [2.75, 3.05) is 0 Å². The fourth-order valence-corrected chi connectivity index (χ4v) is 1.62. The molecule has 0 aliphatic carbocycles. The molecule has 4 heteroatoms. The van der Waals surface area contributed by atoms with Crippen molar-refractivity contribution in [1.82, 2.24) is 4.98 Å². The lowest BCUT2D eigenvalue weighted by Crippen LogP contribution is -1.89. The van der Waals surface area contributed by atoms with E-state index in [2.05, 4.69) is 11.9 Å². The molecule has 0 unspecified atom stereocenters. The number of rotatable bonds is 4. The molecular weight excluding hydrogens is 186 g/mol. The molecule has 0 atom stereocenters. The molecule has 0 saturated heterocycles. The predicted octanol–water partition coefficient (Wildman–Crippen LogP) is 2.35. The zero-order valence-electron chi connectivity index (χ0n) is 7.54. The van der Waals surface area contributed by atoms with E-state index < -0.39 is 0 Å². The minimum absolute atomic E-state index is 0.0252. The van der Waals surface area contributed by atoms with Gasteiger partial charge >= 0.3 is 4.87 Å². The van der Waals surface area contributed by atoms with Crippen LogP contribution in [-0.2, 0) is 0 Å². The zero-order valence-corrected chi connectivity index (χ0v) is 8.36. The van der Waals surface area contributed by atoms with Crippen LogP contribution in [0.15, 0.2) is 10.9 Å². The van der Waals surface area contributed by atoms with E-state index in [1.807, 2.05) is 6.08 Å². The molecule has 1 heterocycles.